The summed E-state index contributed by atoms with van der Waals surface area (Å²) in [5, 5.41) is 3.63. The molecule has 7 nitrogen and oxygen atoms in total. The Morgan fingerprint density at radius 3 is 2.76 bits per heavy atom. The number of benzene rings is 1. The Morgan fingerprint density at radius 2 is 2.03 bits per heavy atom. The van der Waals surface area contributed by atoms with Crippen molar-refractivity contribution in [3.05, 3.63) is 45.3 Å². The average Bonchev–Trinajstić information content (AvgIpc) is 3.28. The SMILES string of the molecule is CCOC(=O)c1c(NC(=O)c2nc3ccccc3s2)sc2c1CCN(C(C)=O)C2. The molecule has 2 aromatic heterocycles. The number of hydrogen-bond donors (Lipinski definition) is 1. The van der Waals surface area contributed by atoms with Crippen molar-refractivity contribution < 1.29 is 19.1 Å². The molecule has 0 radical (unpaired) electrons. The topological polar surface area (TPSA) is 88.6 Å². The van der Waals surface area contributed by atoms with Crippen molar-refractivity contribution in [2.24, 2.45) is 0 Å². The zero-order valence-corrected chi connectivity index (χ0v) is 17.6. The first-order chi connectivity index (χ1) is 14.0. The van der Waals surface area contributed by atoms with Gasteiger partial charge in [0.15, 0.2) is 5.01 Å². The maximum Gasteiger partial charge on any atom is 0.341 e. The number of thiophene rings is 1. The van der Waals surface area contributed by atoms with Gasteiger partial charge in [-0.2, -0.15) is 0 Å². The van der Waals surface area contributed by atoms with Crippen molar-refractivity contribution in [2.75, 3.05) is 18.5 Å². The molecule has 0 saturated carbocycles. The Bertz CT molecular complexity index is 1090. The lowest BCUT2D eigenvalue weighted by atomic mass is 10.0. The number of thiazole rings is 1. The van der Waals surface area contributed by atoms with E-state index in [1.54, 1.807) is 11.8 Å². The molecule has 0 saturated heterocycles. The van der Waals surface area contributed by atoms with Crippen LogP contribution in [-0.4, -0.2) is 40.8 Å². The highest BCUT2D eigenvalue weighted by Gasteiger charge is 2.30. The zero-order valence-electron chi connectivity index (χ0n) is 16.0. The zero-order chi connectivity index (χ0) is 20.5. The molecule has 0 bridgehead atoms. The van der Waals surface area contributed by atoms with Crippen molar-refractivity contribution in [3.63, 3.8) is 0 Å². The summed E-state index contributed by atoms with van der Waals surface area (Å²) < 4.78 is 6.15. The van der Waals surface area contributed by atoms with E-state index in [1.807, 2.05) is 24.3 Å². The number of para-hydroxylation sites is 1. The molecule has 3 heterocycles. The third-order valence-corrected chi connectivity index (χ3v) is 6.86. The molecule has 3 aromatic rings. The fourth-order valence-corrected chi connectivity index (χ4v) is 5.41. The normalized spacial score (nSPS) is 13.2. The smallest absolute Gasteiger partial charge is 0.341 e. The minimum atomic E-state index is -0.458. The maximum atomic E-state index is 12.8. The highest BCUT2D eigenvalue weighted by Crippen LogP contribution is 2.38. The largest absolute Gasteiger partial charge is 0.462 e. The molecule has 0 unspecified atom stereocenters. The van der Waals surface area contributed by atoms with Crippen LogP contribution in [0.3, 0.4) is 0 Å². The van der Waals surface area contributed by atoms with Crippen LogP contribution in [0.1, 0.15) is 44.4 Å². The van der Waals surface area contributed by atoms with Crippen LogP contribution < -0.4 is 5.32 Å². The van der Waals surface area contributed by atoms with E-state index < -0.39 is 5.97 Å². The van der Waals surface area contributed by atoms with Gasteiger partial charge in [0, 0.05) is 18.3 Å². The fraction of sp³-hybridized carbons (Fsp3) is 0.300. The first kappa shape index (κ1) is 19.5. The van der Waals surface area contributed by atoms with Gasteiger partial charge in [-0.3, -0.25) is 9.59 Å². The summed E-state index contributed by atoms with van der Waals surface area (Å²) in [5.41, 5.74) is 2.01. The number of amides is 2. The third kappa shape index (κ3) is 3.75. The summed E-state index contributed by atoms with van der Waals surface area (Å²) in [5.74, 6) is -0.832. The van der Waals surface area contributed by atoms with Crippen LogP contribution in [0.25, 0.3) is 10.2 Å². The van der Waals surface area contributed by atoms with Crippen LogP contribution in [0.15, 0.2) is 24.3 Å². The van der Waals surface area contributed by atoms with Crippen molar-refractivity contribution in [3.8, 4) is 0 Å². The number of aromatic nitrogens is 1. The molecule has 0 fully saturated rings. The van der Waals surface area contributed by atoms with Crippen molar-refractivity contribution in [1.29, 1.82) is 0 Å². The van der Waals surface area contributed by atoms with E-state index in [9.17, 15) is 14.4 Å². The van der Waals surface area contributed by atoms with Gasteiger partial charge in [0.05, 0.1) is 28.9 Å². The van der Waals surface area contributed by atoms with E-state index in [2.05, 4.69) is 10.3 Å². The number of fused-ring (bicyclic) bond motifs is 2. The molecule has 150 valence electrons. The van der Waals surface area contributed by atoms with Crippen molar-refractivity contribution in [2.45, 2.75) is 26.8 Å². The Labute approximate surface area is 175 Å². The molecular formula is C20H19N3O4S2. The Kier molecular flexibility index (Phi) is 5.33. The standard InChI is InChI=1S/C20H19N3O4S2/c1-3-27-20(26)16-12-8-9-23(11(2)24)10-15(12)29-18(16)22-17(25)19-21-13-6-4-5-7-14(13)28-19/h4-7H,3,8-10H2,1-2H3,(H,22,25). The fourth-order valence-electron chi connectivity index (χ4n) is 3.31. The van der Waals surface area contributed by atoms with E-state index in [0.29, 0.717) is 35.1 Å². The number of carbonyl (C=O) groups excluding carboxylic acids is 3. The van der Waals surface area contributed by atoms with Gasteiger partial charge in [-0.05, 0) is 31.0 Å². The molecule has 2 amide bonds. The summed E-state index contributed by atoms with van der Waals surface area (Å²) in [7, 11) is 0. The second kappa shape index (κ2) is 7.92. The van der Waals surface area contributed by atoms with E-state index in [4.69, 9.17) is 4.74 Å². The van der Waals surface area contributed by atoms with Crippen LogP contribution >= 0.6 is 22.7 Å². The summed E-state index contributed by atoms with van der Waals surface area (Å²) in [6.45, 7) is 4.48. The van der Waals surface area contributed by atoms with Crippen LogP contribution in [-0.2, 0) is 22.5 Å². The van der Waals surface area contributed by atoms with E-state index >= 15 is 0 Å². The monoisotopic (exact) mass is 429 g/mol. The van der Waals surface area contributed by atoms with Crippen molar-refractivity contribution in [1.82, 2.24) is 9.88 Å². The summed E-state index contributed by atoms with van der Waals surface area (Å²) >= 11 is 2.62. The van der Waals surface area contributed by atoms with Crippen molar-refractivity contribution >= 4 is 55.7 Å². The Hall–Kier alpha value is -2.78. The first-order valence-electron chi connectivity index (χ1n) is 9.22. The van der Waals surface area contributed by atoms with Gasteiger partial charge < -0.3 is 15.0 Å². The molecule has 1 N–H and O–H groups in total. The number of rotatable bonds is 4. The minimum absolute atomic E-state index is 0.0122. The predicted octanol–water partition coefficient (Wildman–Crippen LogP) is 3.69. The quantitative estimate of drug-likeness (QED) is 0.639. The number of hydrogen-bond acceptors (Lipinski definition) is 7. The van der Waals surface area contributed by atoms with E-state index in [1.165, 1.54) is 29.6 Å². The molecule has 0 spiro atoms. The lowest BCUT2D eigenvalue weighted by Crippen LogP contribution is -2.34. The lowest BCUT2D eigenvalue weighted by Gasteiger charge is -2.25. The van der Waals surface area contributed by atoms with E-state index in [0.717, 1.165) is 20.7 Å². The number of nitrogens with zero attached hydrogens (tertiary/aromatic N) is 2. The van der Waals surface area contributed by atoms with Gasteiger partial charge in [-0.25, -0.2) is 9.78 Å². The van der Waals surface area contributed by atoms with Crippen LogP contribution in [0, 0.1) is 0 Å². The predicted molar refractivity (Wildman–Crippen MR) is 113 cm³/mol. The summed E-state index contributed by atoms with van der Waals surface area (Å²) in [6.07, 6.45) is 0.552. The second-order valence-corrected chi connectivity index (χ2v) is 8.70. The molecule has 9 heteroatoms. The van der Waals surface area contributed by atoms with Gasteiger partial charge in [0.1, 0.15) is 5.00 Å². The number of ether oxygens (including phenoxy) is 1. The average molecular weight is 430 g/mol. The van der Waals surface area contributed by atoms with Crippen LogP contribution in [0.2, 0.25) is 0 Å². The number of carbonyl (C=O) groups is 3. The molecule has 1 aromatic carbocycles. The summed E-state index contributed by atoms with van der Waals surface area (Å²) in [6, 6.07) is 7.53. The molecule has 1 aliphatic heterocycles. The highest BCUT2D eigenvalue weighted by atomic mass is 32.1. The minimum Gasteiger partial charge on any atom is -0.462 e. The molecule has 0 aliphatic carbocycles. The van der Waals surface area contributed by atoms with Crippen LogP contribution in [0.5, 0.6) is 0 Å². The highest BCUT2D eigenvalue weighted by molar-refractivity contribution is 7.20. The lowest BCUT2D eigenvalue weighted by molar-refractivity contribution is -0.129. The molecule has 29 heavy (non-hydrogen) atoms. The van der Waals surface area contributed by atoms with Gasteiger partial charge in [0.2, 0.25) is 5.91 Å². The molecule has 0 atom stereocenters. The Balaban J connectivity index is 1.67. The number of esters is 1. The first-order valence-corrected chi connectivity index (χ1v) is 10.8. The van der Waals surface area contributed by atoms with Gasteiger partial charge in [-0.15, -0.1) is 22.7 Å². The maximum absolute atomic E-state index is 12.8. The Morgan fingerprint density at radius 1 is 1.24 bits per heavy atom. The van der Waals surface area contributed by atoms with E-state index in [-0.39, 0.29) is 18.4 Å². The number of nitrogens with one attached hydrogen (secondary N) is 1. The summed E-state index contributed by atoms with van der Waals surface area (Å²) in [4.78, 5) is 44.2. The molecular weight excluding hydrogens is 410 g/mol. The van der Waals surface area contributed by atoms with Gasteiger partial charge in [0.25, 0.3) is 5.91 Å². The second-order valence-electron chi connectivity index (χ2n) is 6.56. The van der Waals surface area contributed by atoms with Crippen LogP contribution in [0.4, 0.5) is 5.00 Å². The molecule has 1 aliphatic rings. The number of anilines is 1. The van der Waals surface area contributed by atoms with Gasteiger partial charge in [-0.1, -0.05) is 12.1 Å². The van der Waals surface area contributed by atoms with Gasteiger partial charge >= 0.3 is 5.97 Å². The third-order valence-electron chi connectivity index (χ3n) is 4.70. The molecule has 4 rings (SSSR count).